The summed E-state index contributed by atoms with van der Waals surface area (Å²) in [6.07, 6.45) is 0. The minimum absolute atomic E-state index is 0.211. The van der Waals surface area contributed by atoms with Crippen molar-refractivity contribution in [3.63, 3.8) is 0 Å². The van der Waals surface area contributed by atoms with E-state index < -0.39 is 5.82 Å². The average molecular weight is 336 g/mol. The van der Waals surface area contributed by atoms with Crippen molar-refractivity contribution in [3.05, 3.63) is 58.9 Å². The van der Waals surface area contributed by atoms with Gasteiger partial charge in [-0.25, -0.2) is 14.1 Å². The van der Waals surface area contributed by atoms with Crippen LogP contribution in [0, 0.1) is 5.82 Å². The van der Waals surface area contributed by atoms with E-state index in [1.165, 1.54) is 6.07 Å². The minimum atomic E-state index is -0.442. The summed E-state index contributed by atoms with van der Waals surface area (Å²) >= 11 is 11.9. The SMILES string of the molecule is Cn1nc(-c2c(F)cccc2Cl)nc1-c1ccc(CCl)cc1. The summed E-state index contributed by atoms with van der Waals surface area (Å²) in [6.45, 7) is 0. The van der Waals surface area contributed by atoms with Crippen LogP contribution in [0.25, 0.3) is 22.8 Å². The van der Waals surface area contributed by atoms with Gasteiger partial charge in [0, 0.05) is 18.5 Å². The quantitative estimate of drug-likeness (QED) is 0.650. The maximum absolute atomic E-state index is 14.0. The van der Waals surface area contributed by atoms with Crippen molar-refractivity contribution in [1.82, 2.24) is 14.8 Å². The second-order valence-corrected chi connectivity index (χ2v) is 5.48. The van der Waals surface area contributed by atoms with Gasteiger partial charge in [0.2, 0.25) is 0 Å². The van der Waals surface area contributed by atoms with Gasteiger partial charge in [-0.2, -0.15) is 5.10 Å². The van der Waals surface area contributed by atoms with Gasteiger partial charge in [-0.05, 0) is 17.7 Å². The summed E-state index contributed by atoms with van der Waals surface area (Å²) in [5.74, 6) is 0.912. The predicted molar refractivity (Wildman–Crippen MR) is 86.4 cm³/mol. The van der Waals surface area contributed by atoms with E-state index in [1.807, 2.05) is 24.3 Å². The molecule has 0 aliphatic rings. The van der Waals surface area contributed by atoms with Crippen LogP contribution in [0.15, 0.2) is 42.5 Å². The van der Waals surface area contributed by atoms with Crippen LogP contribution in [-0.4, -0.2) is 14.8 Å². The van der Waals surface area contributed by atoms with Gasteiger partial charge in [0.25, 0.3) is 0 Å². The lowest BCUT2D eigenvalue weighted by atomic mass is 10.1. The first kappa shape index (κ1) is 15.0. The van der Waals surface area contributed by atoms with Crippen LogP contribution in [0.1, 0.15) is 5.56 Å². The lowest BCUT2D eigenvalue weighted by molar-refractivity contribution is 0.629. The summed E-state index contributed by atoms with van der Waals surface area (Å²) in [5, 5.41) is 4.56. The maximum Gasteiger partial charge on any atom is 0.186 e. The Hall–Kier alpha value is -1.91. The monoisotopic (exact) mass is 335 g/mol. The van der Waals surface area contributed by atoms with Gasteiger partial charge in [0.15, 0.2) is 11.6 Å². The summed E-state index contributed by atoms with van der Waals surface area (Å²) in [7, 11) is 1.76. The van der Waals surface area contributed by atoms with Crippen molar-refractivity contribution in [2.24, 2.45) is 7.05 Å². The first-order valence-electron chi connectivity index (χ1n) is 6.61. The van der Waals surface area contributed by atoms with Crippen molar-refractivity contribution in [3.8, 4) is 22.8 Å². The third-order valence-electron chi connectivity index (χ3n) is 3.32. The van der Waals surface area contributed by atoms with E-state index in [0.717, 1.165) is 11.1 Å². The molecule has 0 saturated carbocycles. The Kier molecular flexibility index (Phi) is 4.14. The molecule has 0 spiro atoms. The second kappa shape index (κ2) is 6.07. The molecule has 1 aromatic heterocycles. The zero-order valence-electron chi connectivity index (χ0n) is 11.7. The van der Waals surface area contributed by atoms with Crippen LogP contribution in [0.3, 0.4) is 0 Å². The van der Waals surface area contributed by atoms with Crippen molar-refractivity contribution < 1.29 is 4.39 Å². The fraction of sp³-hybridized carbons (Fsp3) is 0.125. The van der Waals surface area contributed by atoms with Crippen LogP contribution in [0.5, 0.6) is 0 Å². The van der Waals surface area contributed by atoms with Gasteiger partial charge in [-0.3, -0.25) is 0 Å². The van der Waals surface area contributed by atoms with E-state index >= 15 is 0 Å². The van der Waals surface area contributed by atoms with Gasteiger partial charge < -0.3 is 0 Å². The Morgan fingerprint density at radius 1 is 1.14 bits per heavy atom. The summed E-state index contributed by atoms with van der Waals surface area (Å²) < 4.78 is 15.6. The smallest absolute Gasteiger partial charge is 0.186 e. The van der Waals surface area contributed by atoms with Crippen LogP contribution < -0.4 is 0 Å². The lowest BCUT2D eigenvalue weighted by Crippen LogP contribution is -1.94. The highest BCUT2D eigenvalue weighted by Gasteiger charge is 2.17. The van der Waals surface area contributed by atoms with Crippen LogP contribution in [-0.2, 0) is 12.9 Å². The number of hydrogen-bond donors (Lipinski definition) is 0. The zero-order valence-corrected chi connectivity index (χ0v) is 13.2. The number of hydrogen-bond acceptors (Lipinski definition) is 2. The normalized spacial score (nSPS) is 10.9. The standard InChI is InChI=1S/C16H12Cl2FN3/c1-22-16(11-7-5-10(9-17)6-8-11)20-15(21-22)14-12(18)3-2-4-13(14)19/h2-8H,9H2,1H3. The van der Waals surface area contributed by atoms with Crippen molar-refractivity contribution in [2.75, 3.05) is 0 Å². The van der Waals surface area contributed by atoms with Crippen LogP contribution in [0.2, 0.25) is 5.02 Å². The number of aromatic nitrogens is 3. The van der Waals surface area contributed by atoms with E-state index in [1.54, 1.807) is 23.9 Å². The third kappa shape index (κ3) is 2.72. The lowest BCUT2D eigenvalue weighted by Gasteiger charge is -2.01. The van der Waals surface area contributed by atoms with Gasteiger partial charge in [0.05, 0.1) is 10.6 Å². The van der Waals surface area contributed by atoms with Crippen LogP contribution >= 0.6 is 23.2 Å². The molecule has 0 N–H and O–H groups in total. The Balaban J connectivity index is 2.07. The molecule has 22 heavy (non-hydrogen) atoms. The predicted octanol–water partition coefficient (Wildman–Crippen LogP) is 4.68. The highest BCUT2D eigenvalue weighted by Crippen LogP contribution is 2.30. The highest BCUT2D eigenvalue weighted by molar-refractivity contribution is 6.33. The minimum Gasteiger partial charge on any atom is -0.248 e. The molecular weight excluding hydrogens is 324 g/mol. The molecule has 3 nitrogen and oxygen atoms in total. The molecular formula is C16H12Cl2FN3. The van der Waals surface area contributed by atoms with Crippen molar-refractivity contribution in [2.45, 2.75) is 5.88 Å². The number of aryl methyl sites for hydroxylation is 1. The molecule has 6 heteroatoms. The van der Waals surface area contributed by atoms with Crippen molar-refractivity contribution in [1.29, 1.82) is 0 Å². The molecule has 0 unspecified atom stereocenters. The third-order valence-corrected chi connectivity index (χ3v) is 3.94. The average Bonchev–Trinajstić information content (AvgIpc) is 2.89. The largest absolute Gasteiger partial charge is 0.248 e. The first-order valence-corrected chi connectivity index (χ1v) is 7.52. The van der Waals surface area contributed by atoms with E-state index in [9.17, 15) is 4.39 Å². The Bertz CT molecular complexity index is 793. The molecule has 0 bridgehead atoms. The van der Waals surface area contributed by atoms with Crippen molar-refractivity contribution >= 4 is 23.2 Å². The van der Waals surface area contributed by atoms with Crippen LogP contribution in [0.4, 0.5) is 4.39 Å². The summed E-state index contributed by atoms with van der Waals surface area (Å²) in [6, 6.07) is 12.2. The second-order valence-electron chi connectivity index (χ2n) is 4.81. The van der Waals surface area contributed by atoms with Gasteiger partial charge in [-0.1, -0.05) is 41.9 Å². The summed E-state index contributed by atoms with van der Waals surface area (Å²) in [5.41, 5.74) is 2.11. The zero-order chi connectivity index (χ0) is 15.7. The fourth-order valence-electron chi connectivity index (χ4n) is 2.20. The highest BCUT2D eigenvalue weighted by atomic mass is 35.5. The Labute approximate surface area is 137 Å². The van der Waals surface area contributed by atoms with Gasteiger partial charge in [-0.15, -0.1) is 11.6 Å². The molecule has 1 heterocycles. The molecule has 2 aromatic carbocycles. The molecule has 0 radical (unpaired) electrons. The number of benzene rings is 2. The fourth-order valence-corrected chi connectivity index (χ4v) is 2.62. The van der Waals surface area contributed by atoms with Gasteiger partial charge in [0.1, 0.15) is 5.82 Å². The molecule has 112 valence electrons. The first-order chi connectivity index (χ1) is 10.6. The Morgan fingerprint density at radius 2 is 1.86 bits per heavy atom. The molecule has 3 aromatic rings. The van der Waals surface area contributed by atoms with E-state index in [4.69, 9.17) is 23.2 Å². The molecule has 3 rings (SSSR count). The van der Waals surface area contributed by atoms with Gasteiger partial charge >= 0.3 is 0 Å². The molecule has 0 fully saturated rings. The number of alkyl halides is 1. The molecule has 0 aliphatic heterocycles. The maximum atomic E-state index is 14.0. The molecule has 0 saturated heterocycles. The number of nitrogens with zero attached hydrogens (tertiary/aromatic N) is 3. The van der Waals surface area contributed by atoms with E-state index in [-0.39, 0.29) is 16.4 Å². The number of rotatable bonds is 3. The topological polar surface area (TPSA) is 30.7 Å². The summed E-state index contributed by atoms with van der Waals surface area (Å²) in [4.78, 5) is 4.42. The number of halogens is 3. The molecule has 0 aliphatic carbocycles. The molecule has 0 atom stereocenters. The molecule has 0 amide bonds. The Morgan fingerprint density at radius 3 is 2.50 bits per heavy atom. The van der Waals surface area contributed by atoms with E-state index in [0.29, 0.717) is 11.7 Å². The van der Waals surface area contributed by atoms with E-state index in [2.05, 4.69) is 10.1 Å².